The summed E-state index contributed by atoms with van der Waals surface area (Å²) in [6.45, 7) is 2.94. The molecule has 1 saturated heterocycles. The summed E-state index contributed by atoms with van der Waals surface area (Å²) >= 11 is 0. The maximum Gasteiger partial charge on any atom is 0.243 e. The third kappa shape index (κ3) is 2.80. The van der Waals surface area contributed by atoms with Crippen LogP contribution in [0.15, 0.2) is 4.52 Å². The molecule has 1 aromatic rings. The summed E-state index contributed by atoms with van der Waals surface area (Å²) in [6, 6.07) is -0.129. The second-order valence-electron chi connectivity index (χ2n) is 4.28. The Morgan fingerprint density at radius 3 is 3.12 bits per heavy atom. The van der Waals surface area contributed by atoms with E-state index in [-0.39, 0.29) is 12.1 Å². The Hall–Kier alpha value is -0.940. The third-order valence-corrected chi connectivity index (χ3v) is 2.83. The van der Waals surface area contributed by atoms with Crippen molar-refractivity contribution in [2.24, 2.45) is 5.73 Å². The molecule has 0 aliphatic carbocycles. The average molecular weight is 225 g/mol. The van der Waals surface area contributed by atoms with Crippen LogP contribution in [0.25, 0.3) is 0 Å². The molecule has 1 aromatic heterocycles. The SMILES string of the molecule is CCC[C@H](N)c1nc(CC2CCCO2)no1. The smallest absolute Gasteiger partial charge is 0.243 e. The molecule has 0 aromatic carbocycles. The molecule has 0 spiro atoms. The van der Waals surface area contributed by atoms with E-state index in [1.54, 1.807) is 0 Å². The molecule has 2 rings (SSSR count). The Labute approximate surface area is 95.3 Å². The molecule has 5 nitrogen and oxygen atoms in total. The lowest BCUT2D eigenvalue weighted by Gasteiger charge is -2.04. The first kappa shape index (κ1) is 11.5. The highest BCUT2D eigenvalue weighted by Crippen LogP contribution is 2.18. The highest BCUT2D eigenvalue weighted by Gasteiger charge is 2.20. The van der Waals surface area contributed by atoms with Gasteiger partial charge in [-0.25, -0.2) is 0 Å². The number of ether oxygens (including phenoxy) is 1. The molecule has 0 radical (unpaired) electrons. The van der Waals surface area contributed by atoms with E-state index in [0.29, 0.717) is 11.7 Å². The van der Waals surface area contributed by atoms with Gasteiger partial charge in [-0.05, 0) is 19.3 Å². The minimum absolute atomic E-state index is 0.129. The second kappa shape index (κ2) is 5.41. The van der Waals surface area contributed by atoms with E-state index in [4.69, 9.17) is 15.0 Å². The maximum atomic E-state index is 5.90. The van der Waals surface area contributed by atoms with E-state index >= 15 is 0 Å². The lowest BCUT2D eigenvalue weighted by Crippen LogP contribution is -2.12. The maximum absolute atomic E-state index is 5.90. The number of nitrogens with zero attached hydrogens (tertiary/aromatic N) is 2. The van der Waals surface area contributed by atoms with Gasteiger partial charge in [0.25, 0.3) is 0 Å². The van der Waals surface area contributed by atoms with Crippen molar-refractivity contribution in [3.05, 3.63) is 11.7 Å². The number of hydrogen-bond donors (Lipinski definition) is 1. The molecule has 2 heterocycles. The minimum Gasteiger partial charge on any atom is -0.378 e. The van der Waals surface area contributed by atoms with Gasteiger partial charge in [-0.3, -0.25) is 0 Å². The van der Waals surface area contributed by atoms with Crippen molar-refractivity contribution >= 4 is 0 Å². The van der Waals surface area contributed by atoms with Gasteiger partial charge in [-0.15, -0.1) is 0 Å². The number of hydrogen-bond acceptors (Lipinski definition) is 5. The van der Waals surface area contributed by atoms with Crippen molar-refractivity contribution in [2.75, 3.05) is 6.61 Å². The largest absolute Gasteiger partial charge is 0.378 e. The first-order chi connectivity index (χ1) is 7.79. The Morgan fingerprint density at radius 2 is 2.44 bits per heavy atom. The summed E-state index contributed by atoms with van der Waals surface area (Å²) in [4.78, 5) is 4.31. The zero-order chi connectivity index (χ0) is 11.4. The molecule has 1 aliphatic rings. The van der Waals surface area contributed by atoms with E-state index in [1.807, 2.05) is 0 Å². The van der Waals surface area contributed by atoms with E-state index < -0.39 is 0 Å². The van der Waals surface area contributed by atoms with Crippen LogP contribution < -0.4 is 5.73 Å². The molecule has 0 amide bonds. The van der Waals surface area contributed by atoms with E-state index in [1.165, 1.54) is 0 Å². The molecule has 1 aliphatic heterocycles. The number of rotatable bonds is 5. The molecule has 5 heteroatoms. The van der Waals surface area contributed by atoms with Crippen LogP contribution in [0.1, 0.15) is 50.4 Å². The van der Waals surface area contributed by atoms with E-state index in [2.05, 4.69) is 17.1 Å². The van der Waals surface area contributed by atoms with Gasteiger partial charge >= 0.3 is 0 Å². The summed E-state index contributed by atoms with van der Waals surface area (Å²) in [6.07, 6.45) is 5.11. The Kier molecular flexibility index (Phi) is 3.90. The van der Waals surface area contributed by atoms with E-state index in [9.17, 15) is 0 Å². The fourth-order valence-corrected chi connectivity index (χ4v) is 1.94. The Bertz CT molecular complexity index is 321. The van der Waals surface area contributed by atoms with Gasteiger partial charge in [0.05, 0.1) is 12.1 Å². The van der Waals surface area contributed by atoms with Crippen LogP contribution in [-0.4, -0.2) is 22.9 Å². The topological polar surface area (TPSA) is 74.2 Å². The molecule has 1 unspecified atom stereocenters. The molecule has 0 bridgehead atoms. The monoisotopic (exact) mass is 225 g/mol. The summed E-state index contributed by atoms with van der Waals surface area (Å²) in [5, 5.41) is 3.94. The molecule has 2 N–H and O–H groups in total. The number of nitrogens with two attached hydrogens (primary N) is 1. The fraction of sp³-hybridized carbons (Fsp3) is 0.818. The van der Waals surface area contributed by atoms with Crippen molar-refractivity contribution in [3.63, 3.8) is 0 Å². The molecule has 16 heavy (non-hydrogen) atoms. The number of aromatic nitrogens is 2. The molecular formula is C11H19N3O2. The van der Waals surface area contributed by atoms with Crippen molar-refractivity contribution in [2.45, 2.75) is 51.2 Å². The predicted octanol–water partition coefficient (Wildman–Crippen LogP) is 1.59. The van der Waals surface area contributed by atoms with Crippen LogP contribution in [0.4, 0.5) is 0 Å². The first-order valence-electron chi connectivity index (χ1n) is 5.99. The van der Waals surface area contributed by atoms with Crippen LogP contribution in [-0.2, 0) is 11.2 Å². The van der Waals surface area contributed by atoms with Crippen LogP contribution in [0, 0.1) is 0 Å². The summed E-state index contributed by atoms with van der Waals surface area (Å²) in [5.41, 5.74) is 5.90. The fourth-order valence-electron chi connectivity index (χ4n) is 1.94. The van der Waals surface area contributed by atoms with E-state index in [0.717, 1.165) is 38.7 Å². The van der Waals surface area contributed by atoms with Gasteiger partial charge in [-0.1, -0.05) is 18.5 Å². The second-order valence-corrected chi connectivity index (χ2v) is 4.28. The summed E-state index contributed by atoms with van der Waals surface area (Å²) in [7, 11) is 0. The standard InChI is InChI=1S/C11H19N3O2/c1-2-4-9(12)11-13-10(14-16-11)7-8-5-3-6-15-8/h8-9H,2-7,12H2,1H3/t8?,9-/m0/s1. The Balaban J connectivity index is 1.90. The van der Waals surface area contributed by atoms with Gasteiger partial charge in [0.2, 0.25) is 5.89 Å². The first-order valence-corrected chi connectivity index (χ1v) is 5.99. The van der Waals surface area contributed by atoms with Gasteiger partial charge in [0.15, 0.2) is 5.82 Å². The van der Waals surface area contributed by atoms with Crippen molar-refractivity contribution in [1.82, 2.24) is 10.1 Å². The lowest BCUT2D eigenvalue weighted by atomic mass is 10.1. The molecule has 90 valence electrons. The van der Waals surface area contributed by atoms with Gasteiger partial charge in [0, 0.05) is 13.0 Å². The molecule has 2 atom stereocenters. The third-order valence-electron chi connectivity index (χ3n) is 2.83. The highest BCUT2D eigenvalue weighted by molar-refractivity contribution is 4.93. The molecular weight excluding hydrogens is 206 g/mol. The van der Waals surface area contributed by atoms with Crippen molar-refractivity contribution in [3.8, 4) is 0 Å². The zero-order valence-electron chi connectivity index (χ0n) is 9.69. The lowest BCUT2D eigenvalue weighted by molar-refractivity contribution is 0.109. The molecule has 1 fully saturated rings. The van der Waals surface area contributed by atoms with Crippen LogP contribution in [0.5, 0.6) is 0 Å². The quantitative estimate of drug-likeness (QED) is 0.823. The van der Waals surface area contributed by atoms with Crippen molar-refractivity contribution < 1.29 is 9.26 Å². The minimum atomic E-state index is -0.129. The molecule has 0 saturated carbocycles. The highest BCUT2D eigenvalue weighted by atomic mass is 16.5. The van der Waals surface area contributed by atoms with Crippen LogP contribution in [0.3, 0.4) is 0 Å². The van der Waals surface area contributed by atoms with Gasteiger partial charge < -0.3 is 15.0 Å². The van der Waals surface area contributed by atoms with Crippen LogP contribution >= 0.6 is 0 Å². The van der Waals surface area contributed by atoms with Crippen LogP contribution in [0.2, 0.25) is 0 Å². The zero-order valence-corrected chi connectivity index (χ0v) is 9.69. The summed E-state index contributed by atoms with van der Waals surface area (Å²) in [5.74, 6) is 1.27. The Morgan fingerprint density at radius 1 is 1.56 bits per heavy atom. The summed E-state index contributed by atoms with van der Waals surface area (Å²) < 4.78 is 10.7. The van der Waals surface area contributed by atoms with Gasteiger partial charge in [-0.2, -0.15) is 4.98 Å². The normalized spacial score (nSPS) is 22.5. The van der Waals surface area contributed by atoms with Gasteiger partial charge in [0.1, 0.15) is 0 Å². The average Bonchev–Trinajstić information content (AvgIpc) is 2.90. The van der Waals surface area contributed by atoms with Crippen molar-refractivity contribution in [1.29, 1.82) is 0 Å². The predicted molar refractivity (Wildman–Crippen MR) is 58.8 cm³/mol.